The predicted octanol–water partition coefficient (Wildman–Crippen LogP) is 0.361. The van der Waals surface area contributed by atoms with Crippen molar-refractivity contribution in [1.82, 2.24) is 24.5 Å². The first-order valence-corrected chi connectivity index (χ1v) is 12.3. The average molecular weight is 523 g/mol. The second-order valence-electron chi connectivity index (χ2n) is 7.86. The SMILES string of the molecule is CNS(=O)(=O)O[C@@H]1C[C@@H](Nc2ncncc2C(=O)c2ccn(Cc3ccccc3Cl)n2)[C@H](O)[C@H]1O. The number of benzene rings is 1. The van der Waals surface area contributed by atoms with Crippen LogP contribution in [0.1, 0.15) is 28.0 Å². The lowest BCUT2D eigenvalue weighted by Gasteiger charge is -2.19. The molecule has 186 valence electrons. The van der Waals surface area contributed by atoms with Crippen LogP contribution in [0.5, 0.6) is 0 Å². The maximum absolute atomic E-state index is 13.2. The van der Waals surface area contributed by atoms with Gasteiger partial charge in [0.05, 0.1) is 18.2 Å². The van der Waals surface area contributed by atoms with Crippen molar-refractivity contribution in [3.8, 4) is 0 Å². The van der Waals surface area contributed by atoms with Crippen molar-refractivity contribution in [1.29, 1.82) is 0 Å². The van der Waals surface area contributed by atoms with Crippen LogP contribution < -0.4 is 10.0 Å². The van der Waals surface area contributed by atoms with Crippen molar-refractivity contribution in [3.63, 3.8) is 0 Å². The van der Waals surface area contributed by atoms with Gasteiger partial charge in [-0.25, -0.2) is 9.97 Å². The lowest BCUT2D eigenvalue weighted by molar-refractivity contribution is -0.00882. The molecule has 4 atom stereocenters. The highest BCUT2D eigenvalue weighted by Gasteiger charge is 2.44. The molecule has 2 heterocycles. The smallest absolute Gasteiger partial charge is 0.335 e. The summed E-state index contributed by atoms with van der Waals surface area (Å²) in [4.78, 5) is 21.2. The van der Waals surface area contributed by atoms with E-state index in [1.165, 1.54) is 12.5 Å². The number of hydrogen-bond donors (Lipinski definition) is 4. The fraction of sp³-hybridized carbons (Fsp3) is 0.333. The van der Waals surface area contributed by atoms with Gasteiger partial charge in [-0.05, 0) is 17.7 Å². The number of aliphatic hydroxyl groups is 2. The zero-order valence-corrected chi connectivity index (χ0v) is 20.0. The number of nitrogens with one attached hydrogen (secondary N) is 2. The number of rotatable bonds is 9. The van der Waals surface area contributed by atoms with E-state index in [9.17, 15) is 23.4 Å². The molecule has 0 bridgehead atoms. The Hall–Kier alpha value is -2.94. The Bertz CT molecular complexity index is 1320. The van der Waals surface area contributed by atoms with Gasteiger partial charge in [0.1, 0.15) is 36.2 Å². The second kappa shape index (κ2) is 10.4. The zero-order chi connectivity index (χ0) is 25.2. The molecule has 0 amide bonds. The van der Waals surface area contributed by atoms with Gasteiger partial charge in [0, 0.05) is 30.9 Å². The fourth-order valence-corrected chi connectivity index (χ4v) is 4.54. The van der Waals surface area contributed by atoms with E-state index in [1.807, 2.05) is 22.9 Å². The third-order valence-corrected chi connectivity index (χ3v) is 6.94. The van der Waals surface area contributed by atoms with Crippen LogP contribution in [-0.4, -0.2) is 75.6 Å². The van der Waals surface area contributed by atoms with Crippen LogP contribution in [0.3, 0.4) is 0 Å². The number of aromatic nitrogens is 4. The van der Waals surface area contributed by atoms with E-state index in [2.05, 4.69) is 20.4 Å². The minimum absolute atomic E-state index is 0.0622. The van der Waals surface area contributed by atoms with E-state index in [0.29, 0.717) is 11.6 Å². The number of nitrogens with zero attached hydrogens (tertiary/aromatic N) is 4. The van der Waals surface area contributed by atoms with E-state index >= 15 is 0 Å². The molecule has 4 rings (SSSR count). The monoisotopic (exact) mass is 522 g/mol. The molecule has 12 nitrogen and oxygen atoms in total. The van der Waals surface area contributed by atoms with E-state index in [4.69, 9.17) is 15.8 Å². The van der Waals surface area contributed by atoms with Crippen molar-refractivity contribution in [2.24, 2.45) is 0 Å². The first-order chi connectivity index (χ1) is 16.7. The summed E-state index contributed by atoms with van der Waals surface area (Å²) in [6, 6.07) is 8.01. The van der Waals surface area contributed by atoms with E-state index in [-0.39, 0.29) is 23.5 Å². The largest absolute Gasteiger partial charge is 0.388 e. The van der Waals surface area contributed by atoms with E-state index in [1.54, 1.807) is 23.0 Å². The summed E-state index contributed by atoms with van der Waals surface area (Å²) in [5.41, 5.74) is 1.07. The molecule has 0 spiro atoms. The molecular weight excluding hydrogens is 500 g/mol. The number of halogens is 1. The summed E-state index contributed by atoms with van der Waals surface area (Å²) >= 11 is 6.20. The molecule has 1 aliphatic rings. The van der Waals surface area contributed by atoms with Gasteiger partial charge in [-0.1, -0.05) is 29.8 Å². The Morgan fingerprint density at radius 3 is 2.77 bits per heavy atom. The van der Waals surface area contributed by atoms with Gasteiger partial charge in [0.15, 0.2) is 0 Å². The highest BCUT2D eigenvalue weighted by molar-refractivity contribution is 7.84. The molecule has 1 aliphatic carbocycles. The van der Waals surface area contributed by atoms with Crippen LogP contribution in [0.15, 0.2) is 49.1 Å². The summed E-state index contributed by atoms with van der Waals surface area (Å²) in [6.07, 6.45) is 0.0643. The standard InChI is InChI=1S/C21H23ClN6O6S/c1-23-35(32,33)34-17-8-16(19(30)20(17)31)26-21-13(9-24-11-25-21)18(29)15-6-7-28(27-15)10-12-4-2-3-5-14(12)22/h2-7,9,11,16-17,19-20,23,30-31H,8,10H2,1H3,(H,24,25,26)/t16-,17-,19+,20+/m1/s1. The number of carbonyl (C=O) groups excluding carboxylic acids is 1. The fourth-order valence-electron chi connectivity index (χ4n) is 3.73. The molecular formula is C21H23ClN6O6S. The Labute approximate surface area is 206 Å². The molecule has 1 aromatic carbocycles. The summed E-state index contributed by atoms with van der Waals surface area (Å²) in [6.45, 7) is 0.367. The number of carbonyl (C=O) groups is 1. The van der Waals surface area contributed by atoms with E-state index in [0.717, 1.165) is 12.6 Å². The normalized spacial score (nSPS) is 22.3. The lowest BCUT2D eigenvalue weighted by Crippen LogP contribution is -2.38. The Morgan fingerprint density at radius 1 is 1.26 bits per heavy atom. The molecule has 1 fully saturated rings. The first kappa shape index (κ1) is 25.2. The minimum atomic E-state index is -4.08. The molecule has 4 N–H and O–H groups in total. The van der Waals surface area contributed by atoms with Gasteiger partial charge in [-0.15, -0.1) is 0 Å². The van der Waals surface area contributed by atoms with Crippen LogP contribution in [0, 0.1) is 0 Å². The summed E-state index contributed by atoms with van der Waals surface area (Å²) < 4.78 is 31.8. The highest BCUT2D eigenvalue weighted by Crippen LogP contribution is 2.28. The van der Waals surface area contributed by atoms with Gasteiger partial charge >= 0.3 is 10.3 Å². The van der Waals surface area contributed by atoms with Gasteiger partial charge in [0.25, 0.3) is 0 Å². The molecule has 3 aromatic rings. The van der Waals surface area contributed by atoms with Crippen LogP contribution in [0.25, 0.3) is 0 Å². The average Bonchev–Trinajstić information content (AvgIpc) is 3.41. The van der Waals surface area contributed by atoms with Crippen molar-refractivity contribution in [3.05, 3.63) is 70.9 Å². The summed E-state index contributed by atoms with van der Waals surface area (Å²) in [5, 5.41) is 28.5. The van der Waals surface area contributed by atoms with Gasteiger partial charge < -0.3 is 15.5 Å². The molecule has 0 unspecified atom stereocenters. The van der Waals surface area contributed by atoms with Gasteiger partial charge in [0.2, 0.25) is 5.78 Å². The molecule has 0 aliphatic heterocycles. The molecule has 0 saturated heterocycles. The van der Waals surface area contributed by atoms with Crippen molar-refractivity contribution in [2.75, 3.05) is 12.4 Å². The third-order valence-electron chi connectivity index (χ3n) is 5.57. The van der Waals surface area contributed by atoms with Crippen LogP contribution in [-0.2, 0) is 21.0 Å². The Balaban J connectivity index is 1.50. The third kappa shape index (κ3) is 5.66. The topological polar surface area (TPSA) is 169 Å². The molecule has 1 saturated carbocycles. The maximum atomic E-state index is 13.2. The maximum Gasteiger partial charge on any atom is 0.335 e. The first-order valence-electron chi connectivity index (χ1n) is 10.5. The van der Waals surface area contributed by atoms with Gasteiger partial charge in [-0.3, -0.25) is 13.7 Å². The minimum Gasteiger partial charge on any atom is -0.388 e. The molecule has 0 radical (unpaired) electrons. The number of hydrogen-bond acceptors (Lipinski definition) is 10. The second-order valence-corrected chi connectivity index (χ2v) is 9.78. The Morgan fingerprint density at radius 2 is 2.03 bits per heavy atom. The van der Waals surface area contributed by atoms with Crippen molar-refractivity contribution >= 4 is 33.5 Å². The summed E-state index contributed by atoms with van der Waals surface area (Å²) in [7, 11) is -2.92. The van der Waals surface area contributed by atoms with Crippen LogP contribution >= 0.6 is 11.6 Å². The summed E-state index contributed by atoms with van der Waals surface area (Å²) in [5.74, 6) is -0.372. The quantitative estimate of drug-likeness (QED) is 0.288. The highest BCUT2D eigenvalue weighted by atomic mass is 35.5. The molecule has 14 heteroatoms. The van der Waals surface area contributed by atoms with Crippen molar-refractivity contribution < 1.29 is 27.6 Å². The van der Waals surface area contributed by atoms with Gasteiger partial charge in [-0.2, -0.15) is 18.2 Å². The van der Waals surface area contributed by atoms with Crippen molar-refractivity contribution in [2.45, 2.75) is 37.3 Å². The van der Waals surface area contributed by atoms with Crippen LogP contribution in [0.2, 0.25) is 5.02 Å². The Kier molecular flexibility index (Phi) is 7.44. The number of anilines is 1. The zero-order valence-electron chi connectivity index (χ0n) is 18.4. The number of aliphatic hydroxyl groups excluding tert-OH is 2. The van der Waals surface area contributed by atoms with Crippen LogP contribution in [0.4, 0.5) is 5.82 Å². The molecule has 2 aromatic heterocycles. The number of ketones is 1. The predicted molar refractivity (Wildman–Crippen MR) is 125 cm³/mol. The molecule has 35 heavy (non-hydrogen) atoms. The van der Waals surface area contributed by atoms with E-state index < -0.39 is 40.4 Å². The lowest BCUT2D eigenvalue weighted by atomic mass is 10.1.